The van der Waals surface area contributed by atoms with Gasteiger partial charge in [-0.15, -0.1) is 0 Å². The lowest BCUT2D eigenvalue weighted by Gasteiger charge is -2.34. The number of carbonyl (C=O) groups excluding carboxylic acids is 1. The van der Waals surface area contributed by atoms with E-state index in [1.54, 1.807) is 30.5 Å². The van der Waals surface area contributed by atoms with Gasteiger partial charge >= 0.3 is 0 Å². The molecule has 1 aliphatic rings. The van der Waals surface area contributed by atoms with Crippen molar-refractivity contribution in [2.45, 2.75) is 19.3 Å². The van der Waals surface area contributed by atoms with Gasteiger partial charge in [0.2, 0.25) is 6.29 Å². The van der Waals surface area contributed by atoms with Crippen molar-refractivity contribution in [1.29, 1.82) is 0 Å². The number of hydrogen-bond acceptors (Lipinski definition) is 4. The molecule has 1 aromatic heterocycles. The molecule has 2 unspecified atom stereocenters. The van der Waals surface area contributed by atoms with Crippen molar-refractivity contribution >= 4 is 5.91 Å². The van der Waals surface area contributed by atoms with E-state index in [1.165, 1.54) is 5.06 Å². The summed E-state index contributed by atoms with van der Waals surface area (Å²) in [6.45, 7) is 2.27. The maximum Gasteiger partial charge on any atom is 0.277 e. The van der Waals surface area contributed by atoms with Crippen LogP contribution in [0.4, 0.5) is 0 Å². The molecule has 2 heterocycles. The third kappa shape index (κ3) is 2.59. The smallest absolute Gasteiger partial charge is 0.277 e. The van der Waals surface area contributed by atoms with Gasteiger partial charge in [-0.3, -0.25) is 4.79 Å². The SMILES string of the molecule is CC1CN(C(=O)c2ccccc2)OC(c2ccco2)O1. The summed E-state index contributed by atoms with van der Waals surface area (Å²) in [6, 6.07) is 12.5. The van der Waals surface area contributed by atoms with Crippen LogP contribution in [0, 0.1) is 0 Å². The summed E-state index contributed by atoms with van der Waals surface area (Å²) in [5.41, 5.74) is 0.583. The molecule has 1 aromatic carbocycles. The van der Waals surface area contributed by atoms with Gasteiger partial charge in [-0.2, -0.15) is 0 Å². The maximum absolute atomic E-state index is 12.4. The van der Waals surface area contributed by atoms with Gasteiger partial charge in [-0.05, 0) is 31.2 Å². The molecule has 104 valence electrons. The minimum atomic E-state index is -0.693. The Hall–Kier alpha value is -2.11. The predicted octanol–water partition coefficient (Wildman–Crippen LogP) is 2.77. The number of nitrogens with zero attached hydrogens (tertiary/aromatic N) is 1. The number of hydrogen-bond donors (Lipinski definition) is 0. The molecule has 0 aliphatic carbocycles. The molecule has 1 saturated heterocycles. The molecular weight excluding hydrogens is 258 g/mol. The van der Waals surface area contributed by atoms with Gasteiger partial charge in [-0.1, -0.05) is 18.2 Å². The van der Waals surface area contributed by atoms with Crippen LogP contribution in [0.1, 0.15) is 29.3 Å². The number of amides is 1. The van der Waals surface area contributed by atoms with E-state index in [0.717, 1.165) is 0 Å². The van der Waals surface area contributed by atoms with Crippen molar-refractivity contribution < 1.29 is 18.8 Å². The van der Waals surface area contributed by atoms with E-state index in [-0.39, 0.29) is 12.0 Å². The van der Waals surface area contributed by atoms with Crippen LogP contribution in [0.25, 0.3) is 0 Å². The van der Waals surface area contributed by atoms with Crippen LogP contribution in [0.3, 0.4) is 0 Å². The first-order valence-corrected chi connectivity index (χ1v) is 6.46. The Labute approximate surface area is 116 Å². The number of carbonyl (C=O) groups is 1. The molecule has 0 bridgehead atoms. The molecule has 0 radical (unpaired) electrons. The largest absolute Gasteiger partial charge is 0.464 e. The lowest BCUT2D eigenvalue weighted by molar-refractivity contribution is -0.325. The summed E-state index contributed by atoms with van der Waals surface area (Å²) in [4.78, 5) is 18.0. The second-order valence-electron chi connectivity index (χ2n) is 4.63. The summed E-state index contributed by atoms with van der Waals surface area (Å²) in [5, 5.41) is 1.33. The molecular formula is C15H15NO4. The van der Waals surface area contributed by atoms with E-state index in [2.05, 4.69) is 0 Å². The van der Waals surface area contributed by atoms with Gasteiger partial charge in [0.05, 0.1) is 18.9 Å². The van der Waals surface area contributed by atoms with Crippen LogP contribution >= 0.6 is 0 Å². The summed E-state index contributed by atoms with van der Waals surface area (Å²) in [5.74, 6) is 0.361. The second-order valence-corrected chi connectivity index (χ2v) is 4.63. The Bertz CT molecular complexity index is 567. The predicted molar refractivity (Wildman–Crippen MR) is 70.6 cm³/mol. The van der Waals surface area contributed by atoms with Gasteiger partial charge in [0.25, 0.3) is 5.91 Å². The van der Waals surface area contributed by atoms with Gasteiger partial charge < -0.3 is 9.15 Å². The molecule has 3 rings (SSSR count). The van der Waals surface area contributed by atoms with E-state index in [0.29, 0.717) is 17.9 Å². The van der Waals surface area contributed by atoms with Crippen molar-refractivity contribution in [3.8, 4) is 0 Å². The molecule has 1 aliphatic heterocycles. The van der Waals surface area contributed by atoms with E-state index in [1.807, 2.05) is 25.1 Å². The molecule has 5 nitrogen and oxygen atoms in total. The van der Waals surface area contributed by atoms with Crippen LogP contribution in [0.15, 0.2) is 53.1 Å². The van der Waals surface area contributed by atoms with Crippen LogP contribution in [0.5, 0.6) is 0 Å². The highest BCUT2D eigenvalue weighted by Crippen LogP contribution is 2.27. The lowest BCUT2D eigenvalue weighted by atomic mass is 10.2. The molecule has 0 saturated carbocycles. The minimum Gasteiger partial charge on any atom is -0.464 e. The number of hydroxylamine groups is 2. The third-order valence-electron chi connectivity index (χ3n) is 3.02. The van der Waals surface area contributed by atoms with Crippen LogP contribution < -0.4 is 0 Å². The van der Waals surface area contributed by atoms with E-state index < -0.39 is 6.29 Å². The average molecular weight is 273 g/mol. The molecule has 5 heteroatoms. The van der Waals surface area contributed by atoms with Crippen LogP contribution in [-0.2, 0) is 9.57 Å². The fourth-order valence-electron chi connectivity index (χ4n) is 2.07. The molecule has 1 amide bonds. The quantitative estimate of drug-likeness (QED) is 0.844. The summed E-state index contributed by atoms with van der Waals surface area (Å²) >= 11 is 0. The van der Waals surface area contributed by atoms with Crippen molar-refractivity contribution in [3.05, 3.63) is 60.1 Å². The van der Waals surface area contributed by atoms with Crippen molar-refractivity contribution in [1.82, 2.24) is 5.06 Å². The lowest BCUT2D eigenvalue weighted by Crippen LogP contribution is -2.44. The highest BCUT2D eigenvalue weighted by Gasteiger charge is 2.32. The molecule has 2 atom stereocenters. The molecule has 1 fully saturated rings. The summed E-state index contributed by atoms with van der Waals surface area (Å²) in [7, 11) is 0. The Morgan fingerprint density at radius 1 is 1.20 bits per heavy atom. The first-order valence-electron chi connectivity index (χ1n) is 6.46. The monoisotopic (exact) mass is 273 g/mol. The van der Waals surface area contributed by atoms with Gasteiger partial charge in [0.15, 0.2) is 5.76 Å². The molecule has 2 aromatic rings. The van der Waals surface area contributed by atoms with Crippen molar-refractivity contribution in [2.75, 3.05) is 6.54 Å². The third-order valence-corrected chi connectivity index (χ3v) is 3.02. The number of ether oxygens (including phenoxy) is 1. The Morgan fingerprint density at radius 3 is 2.70 bits per heavy atom. The summed E-state index contributed by atoms with van der Waals surface area (Å²) < 4.78 is 10.9. The zero-order valence-corrected chi connectivity index (χ0v) is 11.1. The number of furan rings is 1. The Kier molecular flexibility index (Phi) is 3.54. The Balaban J connectivity index is 1.78. The zero-order valence-electron chi connectivity index (χ0n) is 11.1. The standard InChI is InChI=1S/C15H15NO4/c1-11-10-16(14(17)12-6-3-2-4-7-12)20-15(19-11)13-8-5-9-18-13/h2-9,11,15H,10H2,1H3. The molecule has 20 heavy (non-hydrogen) atoms. The van der Waals surface area contributed by atoms with Gasteiger partial charge in [0, 0.05) is 5.56 Å². The first kappa shape index (κ1) is 12.9. The highest BCUT2D eigenvalue weighted by atomic mass is 16.8. The zero-order chi connectivity index (χ0) is 13.9. The maximum atomic E-state index is 12.4. The van der Waals surface area contributed by atoms with E-state index >= 15 is 0 Å². The normalized spacial score (nSPS) is 22.8. The van der Waals surface area contributed by atoms with Gasteiger partial charge in [-0.25, -0.2) is 9.90 Å². The van der Waals surface area contributed by atoms with E-state index in [9.17, 15) is 4.79 Å². The topological polar surface area (TPSA) is 51.9 Å². The first-order chi connectivity index (χ1) is 9.74. The van der Waals surface area contributed by atoms with E-state index in [4.69, 9.17) is 14.0 Å². The highest BCUT2D eigenvalue weighted by molar-refractivity contribution is 5.93. The van der Waals surface area contributed by atoms with Crippen LogP contribution in [-0.4, -0.2) is 23.6 Å². The fraction of sp³-hybridized carbons (Fsp3) is 0.267. The molecule has 0 N–H and O–H groups in total. The number of rotatable bonds is 2. The second kappa shape index (κ2) is 5.48. The van der Waals surface area contributed by atoms with Gasteiger partial charge in [0.1, 0.15) is 0 Å². The van der Waals surface area contributed by atoms with Crippen molar-refractivity contribution in [2.24, 2.45) is 0 Å². The molecule has 0 spiro atoms. The summed E-state index contributed by atoms with van der Waals surface area (Å²) in [6.07, 6.45) is 0.720. The number of benzene rings is 1. The average Bonchev–Trinajstić information content (AvgIpc) is 3.01. The fourth-order valence-corrected chi connectivity index (χ4v) is 2.07. The van der Waals surface area contributed by atoms with Crippen molar-refractivity contribution in [3.63, 3.8) is 0 Å². The Morgan fingerprint density at radius 2 is 2.00 bits per heavy atom. The van der Waals surface area contributed by atoms with Crippen LogP contribution in [0.2, 0.25) is 0 Å². The minimum absolute atomic E-state index is 0.133.